The van der Waals surface area contributed by atoms with Gasteiger partial charge < -0.3 is 10.6 Å². The Morgan fingerprint density at radius 2 is 1.91 bits per heavy atom. The van der Waals surface area contributed by atoms with Crippen LogP contribution in [0.5, 0.6) is 0 Å². The Morgan fingerprint density at radius 3 is 2.61 bits per heavy atom. The van der Waals surface area contributed by atoms with Crippen LogP contribution >= 0.6 is 0 Å². The first kappa shape index (κ1) is 17.0. The summed E-state index contributed by atoms with van der Waals surface area (Å²) in [6, 6.07) is 11.8. The number of nitrogens with zero attached hydrogens (tertiary/aromatic N) is 1. The second kappa shape index (κ2) is 8.93. The van der Waals surface area contributed by atoms with Crippen LogP contribution in [0.1, 0.15) is 49.2 Å². The lowest BCUT2D eigenvalue weighted by molar-refractivity contribution is 0.0948. The van der Waals surface area contributed by atoms with Gasteiger partial charge in [0, 0.05) is 12.2 Å². The molecular formula is C19H25N3O. The number of unbranched alkanes of at least 4 members (excludes halogenated alkanes) is 2. The van der Waals surface area contributed by atoms with Gasteiger partial charge in [0.05, 0.1) is 11.9 Å². The first-order valence-corrected chi connectivity index (χ1v) is 8.33. The van der Waals surface area contributed by atoms with Crippen molar-refractivity contribution >= 4 is 17.3 Å². The number of aryl methyl sites for hydroxylation is 1. The molecular weight excluding hydrogens is 286 g/mol. The van der Waals surface area contributed by atoms with E-state index in [-0.39, 0.29) is 5.91 Å². The molecule has 0 aliphatic rings. The molecule has 0 bridgehead atoms. The highest BCUT2D eigenvalue weighted by atomic mass is 16.1. The van der Waals surface area contributed by atoms with Gasteiger partial charge in [0.2, 0.25) is 0 Å². The summed E-state index contributed by atoms with van der Waals surface area (Å²) in [7, 11) is 0. The second-order valence-electron chi connectivity index (χ2n) is 5.53. The molecule has 0 aliphatic carbocycles. The molecule has 2 rings (SSSR count). The number of rotatable bonds is 8. The van der Waals surface area contributed by atoms with Crippen molar-refractivity contribution in [3.05, 3.63) is 53.9 Å². The Bertz CT molecular complexity index is 623. The Kier molecular flexibility index (Phi) is 6.60. The van der Waals surface area contributed by atoms with E-state index >= 15 is 0 Å². The maximum Gasteiger partial charge on any atom is 0.269 e. The first-order valence-electron chi connectivity index (χ1n) is 8.33. The fraction of sp³-hybridized carbons (Fsp3) is 0.368. The zero-order valence-electron chi connectivity index (χ0n) is 13.9. The Morgan fingerprint density at radius 1 is 1.09 bits per heavy atom. The van der Waals surface area contributed by atoms with E-state index in [0.29, 0.717) is 12.2 Å². The molecule has 0 spiro atoms. The van der Waals surface area contributed by atoms with Crippen LogP contribution < -0.4 is 10.6 Å². The van der Waals surface area contributed by atoms with E-state index < -0.39 is 0 Å². The Balaban J connectivity index is 1.95. The minimum Gasteiger partial charge on any atom is -0.354 e. The van der Waals surface area contributed by atoms with Gasteiger partial charge in [-0.15, -0.1) is 0 Å². The maximum atomic E-state index is 12.0. The highest BCUT2D eigenvalue weighted by Crippen LogP contribution is 2.20. The normalized spacial score (nSPS) is 10.3. The monoisotopic (exact) mass is 311 g/mol. The van der Waals surface area contributed by atoms with Crippen LogP contribution in [0.25, 0.3) is 0 Å². The molecule has 4 nitrogen and oxygen atoms in total. The molecule has 23 heavy (non-hydrogen) atoms. The lowest BCUT2D eigenvalue weighted by Crippen LogP contribution is -2.25. The molecule has 2 N–H and O–H groups in total. The first-order chi connectivity index (χ1) is 11.2. The number of anilines is 2. The molecule has 1 aromatic carbocycles. The fourth-order valence-corrected chi connectivity index (χ4v) is 2.38. The van der Waals surface area contributed by atoms with E-state index in [1.165, 1.54) is 5.56 Å². The van der Waals surface area contributed by atoms with Crippen LogP contribution in [0.4, 0.5) is 11.4 Å². The molecule has 1 aromatic heterocycles. The van der Waals surface area contributed by atoms with Crippen molar-refractivity contribution in [2.45, 2.75) is 39.5 Å². The number of benzene rings is 1. The number of nitrogens with one attached hydrogen (secondary N) is 2. The van der Waals surface area contributed by atoms with Crippen molar-refractivity contribution < 1.29 is 4.79 Å². The molecule has 0 unspecified atom stereocenters. The average molecular weight is 311 g/mol. The molecule has 2 aromatic rings. The zero-order valence-corrected chi connectivity index (χ0v) is 13.9. The summed E-state index contributed by atoms with van der Waals surface area (Å²) in [5.41, 5.74) is 3.67. The third-order valence-corrected chi connectivity index (χ3v) is 3.74. The van der Waals surface area contributed by atoms with Gasteiger partial charge in [-0.2, -0.15) is 0 Å². The number of hydrogen-bond acceptors (Lipinski definition) is 3. The van der Waals surface area contributed by atoms with Crippen molar-refractivity contribution in [1.82, 2.24) is 10.3 Å². The van der Waals surface area contributed by atoms with Crippen molar-refractivity contribution in [1.29, 1.82) is 0 Å². The van der Waals surface area contributed by atoms with Crippen LogP contribution in [0.15, 0.2) is 42.6 Å². The van der Waals surface area contributed by atoms with E-state index in [1.807, 2.05) is 24.3 Å². The quantitative estimate of drug-likeness (QED) is 0.714. The number of amides is 1. The van der Waals surface area contributed by atoms with Gasteiger partial charge in [0.25, 0.3) is 5.91 Å². The molecule has 122 valence electrons. The minimum atomic E-state index is -0.110. The molecule has 0 saturated heterocycles. The van der Waals surface area contributed by atoms with Gasteiger partial charge in [-0.1, -0.05) is 44.9 Å². The smallest absolute Gasteiger partial charge is 0.269 e. The molecule has 0 saturated carbocycles. The maximum absolute atomic E-state index is 12.0. The highest BCUT2D eigenvalue weighted by molar-refractivity contribution is 5.92. The van der Waals surface area contributed by atoms with Crippen LogP contribution in [0, 0.1) is 0 Å². The largest absolute Gasteiger partial charge is 0.354 e. The summed E-state index contributed by atoms with van der Waals surface area (Å²) in [6.45, 7) is 4.98. The van der Waals surface area contributed by atoms with Crippen molar-refractivity contribution in [2.24, 2.45) is 0 Å². The second-order valence-corrected chi connectivity index (χ2v) is 5.53. The van der Waals surface area contributed by atoms with Crippen LogP contribution in [0.2, 0.25) is 0 Å². The SMILES string of the molecule is CCCCCNC(=O)c1ccc(Nc2ccccc2CC)cn1. The molecule has 4 heteroatoms. The number of aromatic nitrogens is 1. The molecule has 0 atom stereocenters. The number of hydrogen-bond donors (Lipinski definition) is 2. The molecule has 1 heterocycles. The van der Waals surface area contributed by atoms with Crippen LogP contribution in [-0.2, 0) is 6.42 Å². The standard InChI is InChI=1S/C19H25N3O/c1-3-5-8-13-20-19(23)18-12-11-16(14-21-18)22-17-10-7-6-9-15(17)4-2/h6-7,9-12,14,22H,3-5,8,13H2,1-2H3,(H,20,23). The average Bonchev–Trinajstić information content (AvgIpc) is 2.59. The lowest BCUT2D eigenvalue weighted by atomic mass is 10.1. The van der Waals surface area contributed by atoms with Crippen LogP contribution in [0.3, 0.4) is 0 Å². The zero-order chi connectivity index (χ0) is 16.5. The molecule has 0 aliphatic heterocycles. The molecule has 1 amide bonds. The third kappa shape index (κ3) is 5.09. The fourth-order valence-electron chi connectivity index (χ4n) is 2.38. The van der Waals surface area contributed by atoms with E-state index in [9.17, 15) is 4.79 Å². The van der Waals surface area contributed by atoms with Crippen molar-refractivity contribution in [3.8, 4) is 0 Å². The van der Waals surface area contributed by atoms with Crippen LogP contribution in [-0.4, -0.2) is 17.4 Å². The number of para-hydroxylation sites is 1. The van der Waals surface area contributed by atoms with E-state index in [4.69, 9.17) is 0 Å². The summed E-state index contributed by atoms with van der Waals surface area (Å²) in [4.78, 5) is 16.2. The van der Waals surface area contributed by atoms with Gasteiger partial charge in [0.1, 0.15) is 5.69 Å². The predicted molar refractivity (Wildman–Crippen MR) is 95.2 cm³/mol. The van der Waals surface area contributed by atoms with Crippen molar-refractivity contribution in [3.63, 3.8) is 0 Å². The van der Waals surface area contributed by atoms with E-state index in [0.717, 1.165) is 37.1 Å². The summed E-state index contributed by atoms with van der Waals surface area (Å²) in [6.07, 6.45) is 5.96. The lowest BCUT2D eigenvalue weighted by Gasteiger charge is -2.11. The van der Waals surface area contributed by atoms with Gasteiger partial charge in [-0.05, 0) is 36.6 Å². The van der Waals surface area contributed by atoms with E-state index in [1.54, 1.807) is 12.3 Å². The summed E-state index contributed by atoms with van der Waals surface area (Å²) < 4.78 is 0. The molecule has 0 radical (unpaired) electrons. The number of pyridine rings is 1. The van der Waals surface area contributed by atoms with Gasteiger partial charge in [0.15, 0.2) is 0 Å². The highest BCUT2D eigenvalue weighted by Gasteiger charge is 2.07. The minimum absolute atomic E-state index is 0.110. The summed E-state index contributed by atoms with van der Waals surface area (Å²) in [5.74, 6) is -0.110. The number of carbonyl (C=O) groups is 1. The van der Waals surface area contributed by atoms with Gasteiger partial charge >= 0.3 is 0 Å². The van der Waals surface area contributed by atoms with Gasteiger partial charge in [-0.3, -0.25) is 4.79 Å². The summed E-state index contributed by atoms with van der Waals surface area (Å²) >= 11 is 0. The predicted octanol–water partition coefficient (Wildman–Crippen LogP) is 4.31. The van der Waals surface area contributed by atoms with Crippen molar-refractivity contribution in [2.75, 3.05) is 11.9 Å². The topological polar surface area (TPSA) is 54.0 Å². The molecule has 0 fully saturated rings. The Labute approximate surface area is 138 Å². The third-order valence-electron chi connectivity index (χ3n) is 3.74. The summed E-state index contributed by atoms with van der Waals surface area (Å²) in [5, 5.41) is 6.25. The van der Waals surface area contributed by atoms with E-state index in [2.05, 4.69) is 35.5 Å². The van der Waals surface area contributed by atoms with Gasteiger partial charge in [-0.25, -0.2) is 4.98 Å². The number of carbonyl (C=O) groups excluding carboxylic acids is 1. The Hall–Kier alpha value is -2.36.